The Morgan fingerprint density at radius 3 is 1.92 bits per heavy atom. The minimum Gasteiger partial charge on any atom is -0.481 e. The van der Waals surface area contributed by atoms with Gasteiger partial charge in [-0.25, -0.2) is 9.59 Å². The molecule has 0 saturated heterocycles. The lowest BCUT2D eigenvalue weighted by Crippen LogP contribution is -2.57. The van der Waals surface area contributed by atoms with Crippen LogP contribution in [0.15, 0.2) is 48.5 Å². The summed E-state index contributed by atoms with van der Waals surface area (Å²) >= 11 is 0. The lowest BCUT2D eigenvalue weighted by Gasteiger charge is -2.25. The molecule has 2 aromatic rings. The number of alkyl carbamates (subject to hydrolysis) is 1. The van der Waals surface area contributed by atoms with Crippen LogP contribution < -0.4 is 27.0 Å². The molecular formula is C38H53N5O10. The van der Waals surface area contributed by atoms with E-state index in [2.05, 4.69) is 21.3 Å². The van der Waals surface area contributed by atoms with Crippen LogP contribution in [0.2, 0.25) is 0 Å². The average molecular weight is 740 g/mol. The second kappa shape index (κ2) is 22.6. The summed E-state index contributed by atoms with van der Waals surface area (Å²) in [6.45, 7) is 8.27. The van der Waals surface area contributed by atoms with Crippen LogP contribution in [0.4, 0.5) is 4.79 Å². The molecule has 2 aromatic carbocycles. The van der Waals surface area contributed by atoms with Crippen LogP contribution in [0, 0.1) is 19.8 Å². The van der Waals surface area contributed by atoms with E-state index in [1.807, 2.05) is 19.9 Å². The molecule has 4 amide bonds. The number of hydrogen-bond donors (Lipinski definition) is 6. The Morgan fingerprint density at radius 2 is 1.32 bits per heavy atom. The molecule has 0 unspecified atom stereocenters. The van der Waals surface area contributed by atoms with E-state index in [1.54, 1.807) is 56.3 Å². The zero-order valence-corrected chi connectivity index (χ0v) is 31.1. The minimum atomic E-state index is -1.40. The van der Waals surface area contributed by atoms with Crippen LogP contribution in [0.5, 0.6) is 0 Å². The summed E-state index contributed by atoms with van der Waals surface area (Å²) in [5, 5.41) is 19.4. The Bertz CT molecular complexity index is 1550. The molecular weight excluding hydrogens is 686 g/mol. The van der Waals surface area contributed by atoms with Crippen LogP contribution in [0.1, 0.15) is 86.3 Å². The first-order valence-corrected chi connectivity index (χ1v) is 17.7. The van der Waals surface area contributed by atoms with Gasteiger partial charge < -0.3 is 41.6 Å². The van der Waals surface area contributed by atoms with E-state index in [-0.39, 0.29) is 31.8 Å². The molecule has 0 aliphatic heterocycles. The number of aliphatic carboxylic acids is 1. The number of carboxylic acid groups (broad SMARTS) is 1. The van der Waals surface area contributed by atoms with Gasteiger partial charge in [-0.2, -0.15) is 0 Å². The van der Waals surface area contributed by atoms with Crippen molar-refractivity contribution in [2.75, 3.05) is 13.2 Å². The summed E-state index contributed by atoms with van der Waals surface area (Å²) < 4.78 is 10.6. The number of ketones is 1. The van der Waals surface area contributed by atoms with Crippen molar-refractivity contribution < 1.29 is 48.1 Å². The van der Waals surface area contributed by atoms with Gasteiger partial charge in [0.1, 0.15) is 24.7 Å². The largest absolute Gasteiger partial charge is 0.481 e. The van der Waals surface area contributed by atoms with Crippen LogP contribution in [-0.4, -0.2) is 84.0 Å². The predicted molar refractivity (Wildman–Crippen MR) is 195 cm³/mol. The number of amides is 4. The number of ether oxygens (including phenoxy) is 2. The fourth-order valence-electron chi connectivity index (χ4n) is 5.34. The molecule has 7 N–H and O–H groups in total. The summed E-state index contributed by atoms with van der Waals surface area (Å²) in [6, 6.07) is 9.40. The van der Waals surface area contributed by atoms with E-state index in [9.17, 15) is 38.7 Å². The van der Waals surface area contributed by atoms with Crippen molar-refractivity contribution in [1.82, 2.24) is 21.3 Å². The quantitative estimate of drug-likeness (QED) is 0.0759. The SMILES string of the molecule is Cc1cccc(C)c1C(=O)OCC(=O)[C@H](CC(C)C)NC(=O)[C@H](C)NC(=O)[C@H](CCC(=O)O)NC(=O)[C@H](CCCCN)NC(=O)OCc1ccccc1. The highest BCUT2D eigenvalue weighted by Crippen LogP contribution is 2.15. The highest BCUT2D eigenvalue weighted by atomic mass is 16.5. The summed E-state index contributed by atoms with van der Waals surface area (Å²) in [4.78, 5) is 89.9. The molecule has 0 aromatic heterocycles. The number of aryl methyl sites for hydroxylation is 2. The first-order chi connectivity index (χ1) is 25.1. The Kier molecular flexibility index (Phi) is 18.7. The van der Waals surface area contributed by atoms with Crippen molar-refractivity contribution in [2.45, 2.75) is 104 Å². The molecule has 0 bridgehead atoms. The maximum Gasteiger partial charge on any atom is 0.408 e. The number of nitrogens with two attached hydrogens (primary N) is 1. The number of rotatable bonds is 22. The number of hydrogen-bond acceptors (Lipinski definition) is 10. The summed E-state index contributed by atoms with van der Waals surface area (Å²) in [6.07, 6.45) is -0.308. The second-order valence-electron chi connectivity index (χ2n) is 13.3. The molecule has 53 heavy (non-hydrogen) atoms. The summed E-state index contributed by atoms with van der Waals surface area (Å²) in [5.41, 5.74) is 8.06. The van der Waals surface area contributed by atoms with Crippen LogP contribution in [-0.2, 0) is 40.1 Å². The van der Waals surface area contributed by atoms with Gasteiger partial charge in [0.25, 0.3) is 0 Å². The average Bonchev–Trinajstić information content (AvgIpc) is 3.10. The van der Waals surface area contributed by atoms with Crippen molar-refractivity contribution in [3.63, 3.8) is 0 Å². The fraction of sp³-hybridized carbons (Fsp3) is 0.500. The smallest absolute Gasteiger partial charge is 0.408 e. The molecule has 15 heteroatoms. The van der Waals surface area contributed by atoms with Gasteiger partial charge in [-0.3, -0.25) is 24.0 Å². The van der Waals surface area contributed by atoms with Gasteiger partial charge in [0.15, 0.2) is 12.4 Å². The van der Waals surface area contributed by atoms with Gasteiger partial charge >= 0.3 is 18.0 Å². The molecule has 0 fully saturated rings. The zero-order chi connectivity index (χ0) is 39.5. The molecule has 0 aliphatic carbocycles. The molecule has 0 spiro atoms. The van der Waals surface area contributed by atoms with Crippen molar-refractivity contribution in [1.29, 1.82) is 0 Å². The normalized spacial score (nSPS) is 13.1. The first kappa shape index (κ1) is 43.9. The predicted octanol–water partition coefficient (Wildman–Crippen LogP) is 2.84. The Hall–Kier alpha value is -5.31. The Balaban J connectivity index is 2.10. The number of nitrogens with one attached hydrogen (secondary N) is 4. The molecule has 15 nitrogen and oxygen atoms in total. The van der Waals surface area contributed by atoms with E-state index >= 15 is 0 Å². The zero-order valence-electron chi connectivity index (χ0n) is 31.1. The number of carbonyl (C=O) groups is 7. The maximum atomic E-state index is 13.4. The monoisotopic (exact) mass is 739 g/mol. The number of esters is 1. The number of unbranched alkanes of at least 4 members (excludes halogenated alkanes) is 1. The van der Waals surface area contributed by atoms with Crippen molar-refractivity contribution in [2.24, 2.45) is 11.7 Å². The molecule has 0 heterocycles. The summed E-state index contributed by atoms with van der Waals surface area (Å²) in [7, 11) is 0. The number of carboxylic acids is 1. The number of benzene rings is 2. The number of Topliss-reactive ketones (excluding diaryl/α,β-unsaturated/α-hetero) is 1. The first-order valence-electron chi connectivity index (χ1n) is 17.7. The van der Waals surface area contributed by atoms with Crippen LogP contribution in [0.3, 0.4) is 0 Å². The van der Waals surface area contributed by atoms with E-state index in [0.717, 1.165) is 5.56 Å². The van der Waals surface area contributed by atoms with Gasteiger partial charge in [0.2, 0.25) is 17.7 Å². The molecule has 0 saturated carbocycles. The highest BCUT2D eigenvalue weighted by Gasteiger charge is 2.31. The Morgan fingerprint density at radius 1 is 0.717 bits per heavy atom. The minimum absolute atomic E-state index is 0.0406. The van der Waals surface area contributed by atoms with E-state index in [0.29, 0.717) is 36.1 Å². The Labute approximate surface area is 310 Å². The van der Waals surface area contributed by atoms with Gasteiger partial charge in [-0.05, 0) is 82.0 Å². The van der Waals surface area contributed by atoms with Crippen molar-refractivity contribution >= 4 is 41.5 Å². The third-order valence-electron chi connectivity index (χ3n) is 8.24. The standard InChI is InChI=1S/C38H53N5O10/c1-23(2)20-30(31(44)22-52-37(50)33-24(3)12-11-13-25(33)4)42-34(47)26(5)40-35(48)29(17-18-32(45)46)41-36(49)28(16-9-10-19-39)43-38(51)53-21-27-14-7-6-8-15-27/h6-8,11-15,23,26,28-30H,9-10,16-22,39H2,1-5H3,(H,40,48)(H,41,49)(H,42,47)(H,43,51)(H,45,46)/t26-,28-,29-,30-/m0/s1. The van der Waals surface area contributed by atoms with Crippen molar-refractivity contribution in [3.05, 3.63) is 70.8 Å². The molecule has 4 atom stereocenters. The van der Waals surface area contributed by atoms with Gasteiger partial charge in [0, 0.05) is 6.42 Å². The molecule has 290 valence electrons. The highest BCUT2D eigenvalue weighted by molar-refractivity contribution is 5.97. The van der Waals surface area contributed by atoms with E-state index < -0.39 is 78.7 Å². The van der Waals surface area contributed by atoms with Gasteiger partial charge in [-0.15, -0.1) is 0 Å². The van der Waals surface area contributed by atoms with Gasteiger partial charge in [0.05, 0.1) is 11.6 Å². The van der Waals surface area contributed by atoms with Crippen LogP contribution in [0.25, 0.3) is 0 Å². The van der Waals surface area contributed by atoms with Crippen molar-refractivity contribution in [3.8, 4) is 0 Å². The topological polar surface area (TPSA) is 232 Å². The lowest BCUT2D eigenvalue weighted by atomic mass is 10.00. The molecule has 2 rings (SSSR count). The number of carbonyl (C=O) groups excluding carboxylic acids is 6. The lowest BCUT2D eigenvalue weighted by molar-refractivity contribution is -0.138. The summed E-state index contributed by atoms with van der Waals surface area (Å²) in [5.74, 6) is -4.83. The second-order valence-corrected chi connectivity index (χ2v) is 13.3. The molecule has 0 radical (unpaired) electrons. The van der Waals surface area contributed by atoms with E-state index in [4.69, 9.17) is 15.2 Å². The third-order valence-corrected chi connectivity index (χ3v) is 8.24. The van der Waals surface area contributed by atoms with Gasteiger partial charge in [-0.1, -0.05) is 62.4 Å². The maximum absolute atomic E-state index is 13.4. The molecule has 0 aliphatic rings. The third kappa shape index (κ3) is 15.9. The fourth-order valence-corrected chi connectivity index (χ4v) is 5.34. The van der Waals surface area contributed by atoms with E-state index in [1.165, 1.54) is 6.92 Å². The van der Waals surface area contributed by atoms with Crippen LogP contribution >= 0.6 is 0 Å².